The number of carbonyl (C=O) groups is 1. The largest absolute Gasteiger partial charge is 0.496 e. The second-order valence-electron chi connectivity index (χ2n) is 9.90. The fourth-order valence-electron chi connectivity index (χ4n) is 4.46. The van der Waals surface area contributed by atoms with Crippen LogP contribution < -0.4 is 16.0 Å². The monoisotopic (exact) mass is 525 g/mol. The number of ether oxygens (including phenoxy) is 1. The highest BCUT2D eigenvalue weighted by Gasteiger charge is 2.35. The minimum Gasteiger partial charge on any atom is -0.496 e. The summed E-state index contributed by atoms with van der Waals surface area (Å²) in [4.78, 5) is 42.8. The first-order valence-electron chi connectivity index (χ1n) is 12.0. The number of para-hydroxylation sites is 1. The molecule has 10 nitrogen and oxygen atoms in total. The molecule has 1 atom stereocenters. The van der Waals surface area contributed by atoms with E-state index in [9.17, 15) is 19.5 Å². The van der Waals surface area contributed by atoms with Gasteiger partial charge in [-0.25, -0.2) is 9.36 Å². The number of aliphatic hydroxyl groups is 1. The number of nitrogens with zero attached hydrogens (tertiary/aromatic N) is 5. The first-order chi connectivity index (χ1) is 17.5. The Labute approximate surface area is 217 Å². The van der Waals surface area contributed by atoms with Crippen LogP contribution in [0, 0.1) is 12.8 Å². The summed E-state index contributed by atoms with van der Waals surface area (Å²) in [6.07, 6.45) is 2.14. The van der Waals surface area contributed by atoms with Crippen molar-refractivity contribution in [3.63, 3.8) is 0 Å². The van der Waals surface area contributed by atoms with Gasteiger partial charge in [0.05, 0.1) is 31.4 Å². The van der Waals surface area contributed by atoms with Gasteiger partial charge in [0.2, 0.25) is 0 Å². The molecule has 1 N–H and O–H groups in total. The van der Waals surface area contributed by atoms with Crippen LogP contribution in [0.4, 0.5) is 0 Å². The lowest BCUT2D eigenvalue weighted by atomic mass is 9.91. The van der Waals surface area contributed by atoms with Crippen molar-refractivity contribution in [2.75, 3.05) is 7.11 Å². The molecule has 0 aliphatic heterocycles. The lowest BCUT2D eigenvalue weighted by Gasteiger charge is -2.27. The predicted molar refractivity (Wildman–Crippen MR) is 142 cm³/mol. The van der Waals surface area contributed by atoms with Crippen molar-refractivity contribution in [3.8, 4) is 10.8 Å². The number of methoxy groups -OCH3 is 1. The maximum absolute atomic E-state index is 14.0. The molecule has 0 saturated carbocycles. The maximum atomic E-state index is 14.0. The number of aromatic nitrogens is 5. The van der Waals surface area contributed by atoms with Crippen LogP contribution in [0.25, 0.3) is 15.2 Å². The van der Waals surface area contributed by atoms with Crippen LogP contribution in [0.15, 0.2) is 46.2 Å². The van der Waals surface area contributed by atoms with Crippen LogP contribution in [0.2, 0.25) is 0 Å². The Balaban J connectivity index is 2.00. The molecule has 3 aromatic heterocycles. The third kappa shape index (κ3) is 4.64. The van der Waals surface area contributed by atoms with E-state index in [4.69, 9.17) is 4.74 Å². The van der Waals surface area contributed by atoms with Crippen LogP contribution >= 0.6 is 11.3 Å². The van der Waals surface area contributed by atoms with Crippen LogP contribution in [0.5, 0.6) is 5.75 Å². The Hall–Kier alpha value is -3.57. The van der Waals surface area contributed by atoms with E-state index in [0.717, 1.165) is 4.57 Å². The molecule has 4 aromatic rings. The molecular formula is C26H31N5O5S. The molecule has 0 saturated heterocycles. The number of aryl methyl sites for hydroxylation is 1. The van der Waals surface area contributed by atoms with Crippen molar-refractivity contribution in [3.05, 3.63) is 68.6 Å². The van der Waals surface area contributed by atoms with Gasteiger partial charge in [0, 0.05) is 17.5 Å². The Morgan fingerprint density at radius 3 is 2.43 bits per heavy atom. The van der Waals surface area contributed by atoms with E-state index in [-0.39, 0.29) is 30.1 Å². The molecular weight excluding hydrogens is 494 g/mol. The number of fused-ring (bicyclic) bond motifs is 1. The maximum Gasteiger partial charge on any atom is 0.333 e. The summed E-state index contributed by atoms with van der Waals surface area (Å²) in [7, 11) is 1.50. The lowest BCUT2D eigenvalue weighted by Crippen LogP contribution is -2.53. The highest BCUT2D eigenvalue weighted by Crippen LogP contribution is 2.33. The zero-order chi connectivity index (χ0) is 27.1. The highest BCUT2D eigenvalue weighted by molar-refractivity contribution is 7.21. The highest BCUT2D eigenvalue weighted by atomic mass is 32.1. The minimum absolute atomic E-state index is 0.0566. The first kappa shape index (κ1) is 26.5. The topological polar surface area (TPSA) is 121 Å². The third-order valence-electron chi connectivity index (χ3n) is 6.48. The summed E-state index contributed by atoms with van der Waals surface area (Å²) in [5.41, 5.74) is -1.54. The van der Waals surface area contributed by atoms with E-state index < -0.39 is 22.9 Å². The molecule has 0 fully saturated rings. The number of aliphatic hydroxyl groups excluding tert-OH is 1. The first-order valence-corrected chi connectivity index (χ1v) is 12.8. The van der Waals surface area contributed by atoms with Gasteiger partial charge in [-0.3, -0.25) is 14.2 Å². The molecule has 37 heavy (non-hydrogen) atoms. The number of hydrogen-bond acceptors (Lipinski definition) is 8. The van der Waals surface area contributed by atoms with Gasteiger partial charge in [0.25, 0.3) is 5.56 Å². The Morgan fingerprint density at radius 2 is 1.81 bits per heavy atom. The smallest absolute Gasteiger partial charge is 0.333 e. The molecule has 1 aromatic carbocycles. The van der Waals surface area contributed by atoms with Gasteiger partial charge in [-0.1, -0.05) is 43.4 Å². The molecule has 0 spiro atoms. The van der Waals surface area contributed by atoms with E-state index in [1.54, 1.807) is 45.0 Å². The summed E-state index contributed by atoms with van der Waals surface area (Å²) in [6.45, 7) is 8.60. The SMILES string of the molecule is COc1ccccc1[C@H](O)Cn1c(=O)n(C(C)(C)C(=O)CC(C)C)c(=O)c2c(C)c(-n3nccn3)sc21. The van der Waals surface area contributed by atoms with Gasteiger partial charge in [0.1, 0.15) is 27.2 Å². The number of rotatable bonds is 9. The number of thiophene rings is 1. The van der Waals surface area contributed by atoms with Crippen LogP contribution in [-0.4, -0.2) is 42.1 Å². The minimum atomic E-state index is -1.40. The van der Waals surface area contributed by atoms with E-state index >= 15 is 0 Å². The van der Waals surface area contributed by atoms with Crippen molar-refractivity contribution in [2.45, 2.75) is 59.2 Å². The number of hydrogen-bond donors (Lipinski definition) is 1. The van der Waals surface area contributed by atoms with Gasteiger partial charge in [-0.15, -0.1) is 4.80 Å². The van der Waals surface area contributed by atoms with E-state index in [2.05, 4.69) is 10.2 Å². The number of carbonyl (C=O) groups excluding carboxylic acids is 1. The molecule has 196 valence electrons. The summed E-state index contributed by atoms with van der Waals surface area (Å²) < 4.78 is 7.78. The normalized spacial score (nSPS) is 12.9. The average Bonchev–Trinajstić information content (AvgIpc) is 3.49. The average molecular weight is 526 g/mol. The summed E-state index contributed by atoms with van der Waals surface area (Å²) >= 11 is 1.18. The van der Waals surface area contributed by atoms with Gasteiger partial charge < -0.3 is 9.84 Å². The molecule has 3 heterocycles. The second kappa shape index (κ2) is 10.1. The summed E-state index contributed by atoms with van der Waals surface area (Å²) in [5, 5.41) is 20.4. The van der Waals surface area contributed by atoms with Crippen molar-refractivity contribution >= 4 is 27.3 Å². The predicted octanol–water partition coefficient (Wildman–Crippen LogP) is 3.21. The van der Waals surface area contributed by atoms with Crippen molar-refractivity contribution in [1.29, 1.82) is 0 Å². The van der Waals surface area contributed by atoms with Crippen molar-refractivity contribution in [2.24, 2.45) is 5.92 Å². The number of Topliss-reactive ketones (excluding diaryl/α,β-unsaturated/α-hetero) is 1. The standard InChI is InChI=1S/C26H31N5O5S/c1-15(2)13-20(33)26(4,5)30-22(34)21-16(3)23(31-27-11-12-28-31)37-24(21)29(25(30)35)14-18(32)17-9-7-8-10-19(17)36-6/h7-12,15,18,32H,13-14H2,1-6H3/t18-/m1/s1. The molecule has 0 unspecified atom stereocenters. The molecule has 0 aliphatic carbocycles. The zero-order valence-electron chi connectivity index (χ0n) is 21.8. The van der Waals surface area contributed by atoms with Gasteiger partial charge in [0.15, 0.2) is 5.78 Å². The Bertz CT molecular complexity index is 1560. The molecule has 0 amide bonds. The summed E-state index contributed by atoms with van der Waals surface area (Å²) in [5.74, 6) is 0.310. The Morgan fingerprint density at radius 1 is 1.16 bits per heavy atom. The fourth-order valence-corrected chi connectivity index (χ4v) is 5.68. The van der Waals surface area contributed by atoms with Crippen LogP contribution in [-0.2, 0) is 16.9 Å². The molecule has 11 heteroatoms. The third-order valence-corrected chi connectivity index (χ3v) is 7.76. The molecule has 0 bridgehead atoms. The van der Waals surface area contributed by atoms with E-state index in [0.29, 0.717) is 26.7 Å². The van der Waals surface area contributed by atoms with Crippen LogP contribution in [0.3, 0.4) is 0 Å². The molecule has 4 rings (SSSR count). The number of benzene rings is 1. The van der Waals surface area contributed by atoms with Gasteiger partial charge in [-0.05, 0) is 32.8 Å². The number of ketones is 1. The fraction of sp³-hybridized carbons (Fsp3) is 0.423. The molecule has 0 radical (unpaired) electrons. The molecule has 0 aliphatic rings. The lowest BCUT2D eigenvalue weighted by molar-refractivity contribution is -0.127. The van der Waals surface area contributed by atoms with Crippen molar-refractivity contribution in [1.82, 2.24) is 24.1 Å². The Kier molecular flexibility index (Phi) is 7.20. The quantitative estimate of drug-likeness (QED) is 0.356. The summed E-state index contributed by atoms with van der Waals surface area (Å²) in [6, 6.07) is 7.00. The van der Waals surface area contributed by atoms with Crippen molar-refractivity contribution < 1.29 is 14.6 Å². The van der Waals surface area contributed by atoms with Gasteiger partial charge >= 0.3 is 5.69 Å². The van der Waals surface area contributed by atoms with E-state index in [1.807, 2.05) is 13.8 Å². The van der Waals surface area contributed by atoms with E-state index in [1.165, 1.54) is 40.2 Å². The van der Waals surface area contributed by atoms with Gasteiger partial charge in [-0.2, -0.15) is 10.2 Å². The zero-order valence-corrected chi connectivity index (χ0v) is 22.6. The van der Waals surface area contributed by atoms with Crippen LogP contribution in [0.1, 0.15) is 51.3 Å². The second-order valence-corrected chi connectivity index (χ2v) is 10.9.